The van der Waals surface area contributed by atoms with Crippen molar-refractivity contribution in [3.05, 3.63) is 10.7 Å². The molecule has 0 aromatic heterocycles. The van der Waals surface area contributed by atoms with Gasteiger partial charge in [0, 0.05) is 11.1 Å². The Morgan fingerprint density at radius 1 is 1.56 bits per heavy atom. The van der Waals surface area contributed by atoms with Crippen LogP contribution in [0.25, 0.3) is 0 Å². The maximum atomic E-state index is 4.24. The number of aliphatic imine (C=N–C) groups is 1. The standard InChI is InChI=1S/C7H10BrN/c1-5-7(2,3)4-6(8)9-5/h4H,1-3H3. The fourth-order valence-electron chi connectivity index (χ4n) is 0.739. The normalized spacial score (nSPS) is 23.6. The molecule has 2 heteroatoms. The average Bonchev–Trinajstić information content (AvgIpc) is 1.79. The maximum absolute atomic E-state index is 4.24. The highest BCUT2D eigenvalue weighted by molar-refractivity contribution is 9.11. The largest absolute Gasteiger partial charge is 0.250 e. The topological polar surface area (TPSA) is 12.4 Å². The van der Waals surface area contributed by atoms with Gasteiger partial charge in [-0.15, -0.1) is 0 Å². The molecule has 1 heterocycles. The van der Waals surface area contributed by atoms with Crippen molar-refractivity contribution >= 4 is 21.6 Å². The molecule has 0 aliphatic carbocycles. The highest BCUT2D eigenvalue weighted by Crippen LogP contribution is 2.30. The molecule has 0 radical (unpaired) electrons. The summed E-state index contributed by atoms with van der Waals surface area (Å²) in [6.07, 6.45) is 2.11. The van der Waals surface area contributed by atoms with Crippen LogP contribution in [0.2, 0.25) is 0 Å². The lowest BCUT2D eigenvalue weighted by molar-refractivity contribution is 0.685. The van der Waals surface area contributed by atoms with Gasteiger partial charge in [0.05, 0.1) is 0 Å². The summed E-state index contributed by atoms with van der Waals surface area (Å²) in [6.45, 7) is 6.35. The molecule has 0 N–H and O–H groups in total. The third kappa shape index (κ3) is 1.23. The van der Waals surface area contributed by atoms with Crippen LogP contribution in [0.5, 0.6) is 0 Å². The predicted octanol–water partition coefficient (Wildman–Crippen LogP) is 2.72. The van der Waals surface area contributed by atoms with E-state index in [0.717, 1.165) is 4.61 Å². The van der Waals surface area contributed by atoms with E-state index >= 15 is 0 Å². The summed E-state index contributed by atoms with van der Waals surface area (Å²) < 4.78 is 0.963. The van der Waals surface area contributed by atoms with Gasteiger partial charge in [-0.3, -0.25) is 4.99 Å². The van der Waals surface area contributed by atoms with Crippen molar-refractivity contribution in [1.29, 1.82) is 0 Å². The molecule has 0 saturated heterocycles. The van der Waals surface area contributed by atoms with E-state index in [9.17, 15) is 0 Å². The van der Waals surface area contributed by atoms with Crippen LogP contribution in [0.3, 0.4) is 0 Å². The summed E-state index contributed by atoms with van der Waals surface area (Å²) in [5.74, 6) is 0. The Morgan fingerprint density at radius 3 is 2.22 bits per heavy atom. The zero-order valence-electron chi connectivity index (χ0n) is 5.90. The Labute approximate surface area is 64.0 Å². The van der Waals surface area contributed by atoms with E-state index < -0.39 is 0 Å². The Balaban J connectivity index is 2.96. The van der Waals surface area contributed by atoms with Crippen LogP contribution in [0.1, 0.15) is 20.8 Å². The summed E-state index contributed by atoms with van der Waals surface area (Å²) in [5, 5.41) is 0. The van der Waals surface area contributed by atoms with Crippen molar-refractivity contribution in [3.63, 3.8) is 0 Å². The Morgan fingerprint density at radius 2 is 2.11 bits per heavy atom. The van der Waals surface area contributed by atoms with Crippen molar-refractivity contribution in [2.24, 2.45) is 10.4 Å². The predicted molar refractivity (Wildman–Crippen MR) is 43.9 cm³/mol. The second kappa shape index (κ2) is 1.94. The molecule has 0 atom stereocenters. The Hall–Kier alpha value is -0.110. The van der Waals surface area contributed by atoms with Gasteiger partial charge in [0.1, 0.15) is 4.61 Å². The lowest BCUT2D eigenvalue weighted by Crippen LogP contribution is -2.14. The van der Waals surface area contributed by atoms with Gasteiger partial charge >= 0.3 is 0 Å². The molecule has 0 aromatic carbocycles. The van der Waals surface area contributed by atoms with Gasteiger partial charge in [0.2, 0.25) is 0 Å². The number of hydrogen-bond donors (Lipinski definition) is 0. The van der Waals surface area contributed by atoms with Gasteiger partial charge in [-0.05, 0) is 28.9 Å². The Bertz CT molecular complexity index is 189. The molecule has 50 valence electrons. The minimum Gasteiger partial charge on any atom is -0.250 e. The van der Waals surface area contributed by atoms with Crippen molar-refractivity contribution in [1.82, 2.24) is 0 Å². The number of allylic oxidation sites excluding steroid dienone is 1. The summed E-state index contributed by atoms with van der Waals surface area (Å²) in [4.78, 5) is 4.24. The molecule has 0 aromatic rings. The van der Waals surface area contributed by atoms with Crippen LogP contribution in [0.4, 0.5) is 0 Å². The van der Waals surface area contributed by atoms with E-state index in [1.54, 1.807) is 0 Å². The van der Waals surface area contributed by atoms with Crippen LogP contribution in [-0.2, 0) is 0 Å². The summed E-state index contributed by atoms with van der Waals surface area (Å²) in [5.41, 5.74) is 1.34. The first kappa shape index (κ1) is 7.00. The van der Waals surface area contributed by atoms with E-state index in [4.69, 9.17) is 0 Å². The first-order valence-corrected chi connectivity index (χ1v) is 3.76. The first-order chi connectivity index (χ1) is 4.02. The molecule has 1 aliphatic rings. The van der Waals surface area contributed by atoms with Crippen molar-refractivity contribution in [2.45, 2.75) is 20.8 Å². The van der Waals surface area contributed by atoms with Crippen molar-refractivity contribution < 1.29 is 0 Å². The second-order valence-electron chi connectivity index (χ2n) is 2.89. The maximum Gasteiger partial charge on any atom is 0.102 e. The highest BCUT2D eigenvalue weighted by Gasteiger charge is 2.23. The number of rotatable bonds is 0. The monoisotopic (exact) mass is 187 g/mol. The molecule has 0 spiro atoms. The summed E-state index contributed by atoms with van der Waals surface area (Å²) >= 11 is 3.33. The molecule has 0 amide bonds. The van der Waals surface area contributed by atoms with Crippen LogP contribution in [-0.4, -0.2) is 5.71 Å². The molecule has 1 nitrogen and oxygen atoms in total. The lowest BCUT2D eigenvalue weighted by atomic mass is 9.90. The average molecular weight is 188 g/mol. The quantitative estimate of drug-likeness (QED) is 0.518. The molecule has 0 unspecified atom stereocenters. The van der Waals surface area contributed by atoms with Crippen LogP contribution in [0, 0.1) is 5.41 Å². The van der Waals surface area contributed by atoms with Gasteiger partial charge in [-0.25, -0.2) is 0 Å². The van der Waals surface area contributed by atoms with E-state index in [2.05, 4.69) is 40.8 Å². The Kier molecular flexibility index (Phi) is 1.51. The fraction of sp³-hybridized carbons (Fsp3) is 0.571. The van der Waals surface area contributed by atoms with Gasteiger partial charge in [-0.2, -0.15) is 0 Å². The third-order valence-corrected chi connectivity index (χ3v) is 2.09. The third-order valence-electron chi connectivity index (χ3n) is 1.69. The van der Waals surface area contributed by atoms with Crippen LogP contribution in [0.15, 0.2) is 15.7 Å². The second-order valence-corrected chi connectivity index (χ2v) is 3.70. The lowest BCUT2D eigenvalue weighted by Gasteiger charge is -2.13. The van der Waals surface area contributed by atoms with Gasteiger partial charge in [0.15, 0.2) is 0 Å². The molecule has 0 fully saturated rings. The zero-order chi connectivity index (χ0) is 7.07. The minimum absolute atomic E-state index is 0.166. The fourth-order valence-corrected chi connectivity index (χ4v) is 1.58. The smallest absolute Gasteiger partial charge is 0.102 e. The first-order valence-electron chi connectivity index (χ1n) is 2.96. The molecular formula is C7H10BrN. The van der Waals surface area contributed by atoms with E-state index in [-0.39, 0.29) is 5.41 Å². The van der Waals surface area contributed by atoms with Crippen molar-refractivity contribution in [2.75, 3.05) is 0 Å². The zero-order valence-corrected chi connectivity index (χ0v) is 7.49. The van der Waals surface area contributed by atoms with Gasteiger partial charge < -0.3 is 0 Å². The molecule has 0 bridgehead atoms. The molecule has 0 saturated carbocycles. The molecule has 1 aliphatic heterocycles. The molecule has 9 heavy (non-hydrogen) atoms. The summed E-state index contributed by atoms with van der Waals surface area (Å²) in [6, 6.07) is 0. The van der Waals surface area contributed by atoms with Crippen LogP contribution >= 0.6 is 15.9 Å². The van der Waals surface area contributed by atoms with E-state index in [1.165, 1.54) is 5.71 Å². The number of halogens is 1. The molecular weight excluding hydrogens is 178 g/mol. The van der Waals surface area contributed by atoms with Gasteiger partial charge in [-0.1, -0.05) is 13.8 Å². The van der Waals surface area contributed by atoms with Crippen LogP contribution < -0.4 is 0 Å². The van der Waals surface area contributed by atoms with E-state index in [1.807, 2.05) is 6.92 Å². The van der Waals surface area contributed by atoms with Crippen molar-refractivity contribution in [3.8, 4) is 0 Å². The SMILES string of the molecule is CC1=NC(Br)=CC1(C)C. The number of hydrogen-bond acceptors (Lipinski definition) is 1. The molecule has 1 rings (SSSR count). The summed E-state index contributed by atoms with van der Waals surface area (Å²) in [7, 11) is 0. The number of nitrogens with zero attached hydrogens (tertiary/aromatic N) is 1. The van der Waals surface area contributed by atoms with Gasteiger partial charge in [0.25, 0.3) is 0 Å². The van der Waals surface area contributed by atoms with E-state index in [0.29, 0.717) is 0 Å². The minimum atomic E-state index is 0.166. The highest BCUT2D eigenvalue weighted by atomic mass is 79.9.